The molecule has 136 valence electrons. The molecule has 0 spiro atoms. The number of anilines is 2. The highest BCUT2D eigenvalue weighted by atomic mass is 35.5. The highest BCUT2D eigenvalue weighted by Gasteiger charge is 2.23. The van der Waals surface area contributed by atoms with Crippen molar-refractivity contribution >= 4 is 34.8 Å². The molecule has 0 radical (unpaired) electrons. The van der Waals surface area contributed by atoms with Crippen LogP contribution >= 0.6 is 11.6 Å². The Morgan fingerprint density at radius 1 is 1.15 bits per heavy atom. The predicted molar refractivity (Wildman–Crippen MR) is 100 cm³/mol. The van der Waals surface area contributed by atoms with Crippen molar-refractivity contribution in [3.63, 3.8) is 0 Å². The van der Waals surface area contributed by atoms with Gasteiger partial charge >= 0.3 is 0 Å². The van der Waals surface area contributed by atoms with Crippen LogP contribution in [0.15, 0.2) is 42.5 Å². The van der Waals surface area contributed by atoms with Crippen molar-refractivity contribution in [2.75, 3.05) is 10.6 Å². The monoisotopic (exact) mass is 375 g/mol. The molecule has 7 heteroatoms. The number of halogens is 2. The number of rotatable bonds is 6. The SMILES string of the molecule is CC(Nc1ccc(C(=O)NC2CC2)cc1)C(=O)Nc1ccc(Cl)cc1F. The number of amides is 2. The minimum Gasteiger partial charge on any atom is -0.374 e. The van der Waals surface area contributed by atoms with Crippen LogP contribution in [-0.2, 0) is 4.79 Å². The number of benzene rings is 2. The number of nitrogens with one attached hydrogen (secondary N) is 3. The summed E-state index contributed by atoms with van der Waals surface area (Å²) >= 11 is 5.70. The van der Waals surface area contributed by atoms with E-state index in [1.54, 1.807) is 31.2 Å². The van der Waals surface area contributed by atoms with Crippen LogP contribution in [0.4, 0.5) is 15.8 Å². The van der Waals surface area contributed by atoms with Gasteiger partial charge in [0.25, 0.3) is 5.91 Å². The smallest absolute Gasteiger partial charge is 0.251 e. The molecule has 1 aliphatic carbocycles. The predicted octanol–water partition coefficient (Wildman–Crippen LogP) is 3.81. The van der Waals surface area contributed by atoms with Crippen LogP contribution in [0.2, 0.25) is 5.02 Å². The minimum atomic E-state index is -0.601. The highest BCUT2D eigenvalue weighted by Crippen LogP contribution is 2.21. The van der Waals surface area contributed by atoms with Crippen LogP contribution in [-0.4, -0.2) is 23.9 Å². The average molecular weight is 376 g/mol. The molecule has 0 saturated heterocycles. The maximum absolute atomic E-state index is 13.8. The molecule has 1 fully saturated rings. The van der Waals surface area contributed by atoms with E-state index in [4.69, 9.17) is 11.6 Å². The van der Waals surface area contributed by atoms with Gasteiger partial charge in [0.2, 0.25) is 5.91 Å². The van der Waals surface area contributed by atoms with E-state index in [-0.39, 0.29) is 22.5 Å². The molecule has 0 aromatic heterocycles. The first-order chi connectivity index (χ1) is 12.4. The summed E-state index contributed by atoms with van der Waals surface area (Å²) in [6, 6.07) is 10.6. The zero-order chi connectivity index (χ0) is 18.7. The summed E-state index contributed by atoms with van der Waals surface area (Å²) in [5, 5.41) is 8.71. The topological polar surface area (TPSA) is 70.2 Å². The second-order valence-electron chi connectivity index (χ2n) is 6.30. The van der Waals surface area contributed by atoms with Gasteiger partial charge < -0.3 is 16.0 Å². The van der Waals surface area contributed by atoms with E-state index in [0.717, 1.165) is 18.9 Å². The number of hydrogen-bond donors (Lipinski definition) is 3. The van der Waals surface area contributed by atoms with Gasteiger partial charge in [0, 0.05) is 22.3 Å². The van der Waals surface area contributed by atoms with Gasteiger partial charge in [-0.05, 0) is 62.2 Å². The van der Waals surface area contributed by atoms with Crippen LogP contribution in [0.25, 0.3) is 0 Å². The molecule has 2 aromatic carbocycles. The summed E-state index contributed by atoms with van der Waals surface area (Å²) in [6.07, 6.45) is 2.07. The van der Waals surface area contributed by atoms with E-state index >= 15 is 0 Å². The lowest BCUT2D eigenvalue weighted by atomic mass is 10.1. The molecule has 1 saturated carbocycles. The van der Waals surface area contributed by atoms with Crippen LogP contribution in [0.3, 0.4) is 0 Å². The third-order valence-electron chi connectivity index (χ3n) is 4.03. The van der Waals surface area contributed by atoms with Crippen molar-refractivity contribution in [1.82, 2.24) is 5.32 Å². The number of carbonyl (C=O) groups is 2. The van der Waals surface area contributed by atoms with Gasteiger partial charge in [-0.15, -0.1) is 0 Å². The third-order valence-corrected chi connectivity index (χ3v) is 4.26. The molecule has 0 aliphatic heterocycles. The Hall–Kier alpha value is -2.60. The molecule has 1 unspecified atom stereocenters. The highest BCUT2D eigenvalue weighted by molar-refractivity contribution is 6.30. The van der Waals surface area contributed by atoms with Gasteiger partial charge in [0.15, 0.2) is 0 Å². The Bertz CT molecular complexity index is 822. The van der Waals surface area contributed by atoms with Gasteiger partial charge in [-0.2, -0.15) is 0 Å². The van der Waals surface area contributed by atoms with Crippen LogP contribution in [0, 0.1) is 5.82 Å². The molecule has 1 aliphatic rings. The number of hydrogen-bond acceptors (Lipinski definition) is 3. The fourth-order valence-corrected chi connectivity index (χ4v) is 2.52. The van der Waals surface area contributed by atoms with Gasteiger partial charge in [-0.1, -0.05) is 11.6 Å². The van der Waals surface area contributed by atoms with E-state index in [2.05, 4.69) is 16.0 Å². The second kappa shape index (κ2) is 7.74. The first-order valence-electron chi connectivity index (χ1n) is 8.36. The van der Waals surface area contributed by atoms with Crippen LogP contribution in [0.5, 0.6) is 0 Å². The molecule has 26 heavy (non-hydrogen) atoms. The molecule has 5 nitrogen and oxygen atoms in total. The average Bonchev–Trinajstić information content (AvgIpc) is 3.41. The summed E-state index contributed by atoms with van der Waals surface area (Å²) in [5.41, 5.74) is 1.33. The standard InChI is InChI=1S/C19H19ClFN3O2/c1-11(18(25)24-17-9-4-13(20)10-16(17)21)22-14-5-2-12(3-6-14)19(26)23-15-7-8-15/h2-6,9-11,15,22H,7-8H2,1H3,(H,23,26)(H,24,25). The van der Waals surface area contributed by atoms with Crippen molar-refractivity contribution in [3.05, 3.63) is 58.9 Å². The maximum atomic E-state index is 13.8. The first kappa shape index (κ1) is 18.2. The second-order valence-corrected chi connectivity index (χ2v) is 6.74. The largest absolute Gasteiger partial charge is 0.374 e. The molecular weight excluding hydrogens is 357 g/mol. The van der Waals surface area contributed by atoms with Crippen LogP contribution < -0.4 is 16.0 Å². The molecule has 0 bridgehead atoms. The van der Waals surface area contributed by atoms with E-state index in [1.807, 2.05) is 0 Å². The first-order valence-corrected chi connectivity index (χ1v) is 8.73. The van der Waals surface area contributed by atoms with E-state index in [9.17, 15) is 14.0 Å². The van der Waals surface area contributed by atoms with Gasteiger partial charge in [0.05, 0.1) is 5.69 Å². The zero-order valence-corrected chi connectivity index (χ0v) is 14.9. The lowest BCUT2D eigenvalue weighted by molar-refractivity contribution is -0.116. The van der Waals surface area contributed by atoms with E-state index in [1.165, 1.54) is 12.1 Å². The Morgan fingerprint density at radius 3 is 2.46 bits per heavy atom. The molecule has 2 aromatic rings. The van der Waals surface area contributed by atoms with Crippen molar-refractivity contribution in [2.45, 2.75) is 31.8 Å². The fourth-order valence-electron chi connectivity index (χ4n) is 2.36. The fraction of sp³-hybridized carbons (Fsp3) is 0.263. The molecular formula is C19H19ClFN3O2. The number of carbonyl (C=O) groups excluding carboxylic acids is 2. The summed E-state index contributed by atoms with van der Waals surface area (Å²) in [7, 11) is 0. The normalized spacial score (nSPS) is 14.4. The Morgan fingerprint density at radius 2 is 1.85 bits per heavy atom. The Kier molecular flexibility index (Phi) is 5.42. The van der Waals surface area contributed by atoms with Crippen molar-refractivity contribution in [2.24, 2.45) is 0 Å². The summed E-state index contributed by atoms with van der Waals surface area (Å²) in [4.78, 5) is 24.2. The summed E-state index contributed by atoms with van der Waals surface area (Å²) in [6.45, 7) is 1.66. The maximum Gasteiger partial charge on any atom is 0.251 e. The van der Waals surface area contributed by atoms with Gasteiger partial charge in [0.1, 0.15) is 11.9 Å². The van der Waals surface area contributed by atoms with E-state index < -0.39 is 11.9 Å². The molecule has 2 amide bonds. The molecule has 3 rings (SSSR count). The Balaban J connectivity index is 1.57. The van der Waals surface area contributed by atoms with Crippen molar-refractivity contribution in [3.8, 4) is 0 Å². The third kappa shape index (κ3) is 4.73. The van der Waals surface area contributed by atoms with Crippen molar-refractivity contribution in [1.29, 1.82) is 0 Å². The van der Waals surface area contributed by atoms with Crippen molar-refractivity contribution < 1.29 is 14.0 Å². The quantitative estimate of drug-likeness (QED) is 0.719. The summed E-state index contributed by atoms with van der Waals surface area (Å²) in [5.74, 6) is -1.08. The minimum absolute atomic E-state index is 0.0696. The zero-order valence-electron chi connectivity index (χ0n) is 14.2. The van der Waals surface area contributed by atoms with Gasteiger partial charge in [-0.3, -0.25) is 9.59 Å². The molecule has 0 heterocycles. The Labute approximate surface area is 155 Å². The molecule has 1 atom stereocenters. The van der Waals surface area contributed by atoms with E-state index in [0.29, 0.717) is 17.3 Å². The lowest BCUT2D eigenvalue weighted by Crippen LogP contribution is -2.32. The van der Waals surface area contributed by atoms with Crippen LogP contribution in [0.1, 0.15) is 30.1 Å². The molecule has 3 N–H and O–H groups in total. The summed E-state index contributed by atoms with van der Waals surface area (Å²) < 4.78 is 13.8. The lowest BCUT2D eigenvalue weighted by Gasteiger charge is -2.16. The van der Waals surface area contributed by atoms with Gasteiger partial charge in [-0.25, -0.2) is 4.39 Å².